The fourth-order valence-electron chi connectivity index (χ4n) is 4.44. The van der Waals surface area contributed by atoms with Crippen molar-refractivity contribution in [3.05, 3.63) is 69.2 Å². The molecular weight excluding hydrogens is 455 g/mol. The van der Waals surface area contributed by atoms with Gasteiger partial charge in [-0.2, -0.15) is 0 Å². The second kappa shape index (κ2) is 9.19. The van der Waals surface area contributed by atoms with Crippen LogP contribution in [0.4, 0.5) is 15.9 Å². The molecule has 1 aliphatic rings. The minimum absolute atomic E-state index is 0.0751. The van der Waals surface area contributed by atoms with E-state index in [0.29, 0.717) is 6.54 Å². The molecule has 1 aliphatic heterocycles. The summed E-state index contributed by atoms with van der Waals surface area (Å²) in [6.07, 6.45) is 3.16. The van der Waals surface area contributed by atoms with Crippen LogP contribution in [-0.2, 0) is 11.3 Å². The van der Waals surface area contributed by atoms with Crippen molar-refractivity contribution in [3.8, 4) is 0 Å². The number of aryl methyl sites for hydroxylation is 2. The molecule has 0 saturated carbocycles. The van der Waals surface area contributed by atoms with Crippen molar-refractivity contribution in [1.29, 1.82) is 0 Å². The molecule has 0 aliphatic carbocycles. The lowest BCUT2D eigenvalue weighted by Gasteiger charge is -2.35. The van der Waals surface area contributed by atoms with Crippen molar-refractivity contribution in [2.45, 2.75) is 33.2 Å². The van der Waals surface area contributed by atoms with E-state index in [9.17, 15) is 9.18 Å². The summed E-state index contributed by atoms with van der Waals surface area (Å²) in [5.41, 5.74) is 1.97. The van der Waals surface area contributed by atoms with Crippen LogP contribution in [0.3, 0.4) is 0 Å². The lowest BCUT2D eigenvalue weighted by atomic mass is 9.94. The highest BCUT2D eigenvalue weighted by atomic mass is 32.1. The van der Waals surface area contributed by atoms with Gasteiger partial charge in [-0.05, 0) is 68.0 Å². The molecule has 0 bridgehead atoms. The molecule has 0 unspecified atom stereocenters. The summed E-state index contributed by atoms with van der Waals surface area (Å²) in [6.45, 7) is 6.29. The third-order valence-electron chi connectivity index (χ3n) is 6.39. The van der Waals surface area contributed by atoms with E-state index in [2.05, 4.69) is 28.7 Å². The lowest BCUT2D eigenvalue weighted by molar-refractivity contribution is -0.123. The molecule has 1 aromatic carbocycles. The maximum Gasteiger partial charge on any atom is 0.230 e. The van der Waals surface area contributed by atoms with Crippen molar-refractivity contribution in [2.24, 2.45) is 5.92 Å². The number of fused-ring (bicyclic) bond motifs is 1. The summed E-state index contributed by atoms with van der Waals surface area (Å²) >= 11 is 3.33. The van der Waals surface area contributed by atoms with Crippen LogP contribution in [0.15, 0.2) is 48.1 Å². The zero-order valence-electron chi connectivity index (χ0n) is 18.6. The Hall–Kier alpha value is -2.84. The van der Waals surface area contributed by atoms with E-state index < -0.39 is 0 Å². The summed E-state index contributed by atoms with van der Waals surface area (Å²) in [4.78, 5) is 30.2. The van der Waals surface area contributed by atoms with Crippen molar-refractivity contribution in [2.75, 3.05) is 22.9 Å². The zero-order valence-corrected chi connectivity index (χ0v) is 20.3. The number of nitrogens with zero attached hydrogens (tertiary/aromatic N) is 4. The average Bonchev–Trinajstić information content (AvgIpc) is 3.45. The van der Waals surface area contributed by atoms with E-state index in [-0.39, 0.29) is 17.6 Å². The fourth-order valence-corrected chi connectivity index (χ4v) is 6.12. The Bertz CT molecular complexity index is 1260. The number of carbonyl (C=O) groups is 1. The number of benzene rings is 1. The molecule has 1 saturated heterocycles. The molecule has 3 aromatic heterocycles. The molecule has 170 valence electrons. The average molecular weight is 481 g/mol. The molecule has 0 radical (unpaired) electrons. The van der Waals surface area contributed by atoms with Crippen molar-refractivity contribution >= 4 is 50.3 Å². The monoisotopic (exact) mass is 480 g/mol. The lowest BCUT2D eigenvalue weighted by Crippen LogP contribution is -2.42. The van der Waals surface area contributed by atoms with Gasteiger partial charge >= 0.3 is 0 Å². The molecule has 1 amide bonds. The Balaban J connectivity index is 1.35. The highest BCUT2D eigenvalue weighted by molar-refractivity contribution is 7.18. The van der Waals surface area contributed by atoms with Gasteiger partial charge < -0.3 is 9.80 Å². The zero-order chi connectivity index (χ0) is 22.9. The third-order valence-corrected chi connectivity index (χ3v) is 8.36. The number of thiophene rings is 2. The first-order chi connectivity index (χ1) is 16.0. The number of amides is 1. The third kappa shape index (κ3) is 4.37. The number of aromatic nitrogens is 2. The summed E-state index contributed by atoms with van der Waals surface area (Å²) in [5.74, 6) is 0.700. The molecule has 5 rings (SSSR count). The fraction of sp³-hybridized carbons (Fsp3) is 0.320. The first kappa shape index (κ1) is 22.0. The van der Waals surface area contributed by atoms with Gasteiger partial charge in [-0.1, -0.05) is 6.07 Å². The smallest absolute Gasteiger partial charge is 0.230 e. The number of hydrogen-bond acceptors (Lipinski definition) is 6. The number of halogens is 1. The van der Waals surface area contributed by atoms with Crippen LogP contribution < -0.4 is 9.80 Å². The molecule has 4 heterocycles. The summed E-state index contributed by atoms with van der Waals surface area (Å²) in [6, 6.07) is 10.2. The second-order valence-electron chi connectivity index (χ2n) is 8.40. The van der Waals surface area contributed by atoms with Gasteiger partial charge in [0.25, 0.3) is 0 Å². The van der Waals surface area contributed by atoms with Crippen LogP contribution >= 0.6 is 22.7 Å². The van der Waals surface area contributed by atoms with E-state index in [1.165, 1.54) is 22.6 Å². The molecule has 5 nitrogen and oxygen atoms in total. The molecular formula is C25H25FN4OS2. The predicted octanol–water partition coefficient (Wildman–Crippen LogP) is 5.96. The second-order valence-corrected chi connectivity index (χ2v) is 10.6. The number of carbonyl (C=O) groups excluding carboxylic acids is 1. The highest BCUT2D eigenvalue weighted by Crippen LogP contribution is 2.36. The summed E-state index contributed by atoms with van der Waals surface area (Å²) < 4.78 is 13.5. The Labute approximate surface area is 200 Å². The molecule has 0 atom stereocenters. The minimum atomic E-state index is -0.300. The van der Waals surface area contributed by atoms with Crippen LogP contribution in [0.25, 0.3) is 10.2 Å². The van der Waals surface area contributed by atoms with Crippen LogP contribution in [0.5, 0.6) is 0 Å². The Morgan fingerprint density at radius 3 is 2.61 bits per heavy atom. The standard InChI is InChI=1S/C25H25FN4OS2/c1-16-17(2)33-24-22(16)23(27-15-28-24)29-11-9-18(10-12-29)25(31)30(14-21-4-3-13-32-21)20-7-5-19(26)6-8-20/h3-8,13,15,18H,9-12,14H2,1-2H3. The van der Waals surface area contributed by atoms with Gasteiger partial charge in [-0.15, -0.1) is 22.7 Å². The van der Waals surface area contributed by atoms with Crippen LogP contribution in [0, 0.1) is 25.6 Å². The normalized spacial score (nSPS) is 14.7. The predicted molar refractivity (Wildman–Crippen MR) is 134 cm³/mol. The van der Waals surface area contributed by atoms with Gasteiger partial charge in [0.1, 0.15) is 22.8 Å². The van der Waals surface area contributed by atoms with E-state index >= 15 is 0 Å². The van der Waals surface area contributed by atoms with Gasteiger partial charge in [0.15, 0.2) is 0 Å². The van der Waals surface area contributed by atoms with E-state index in [4.69, 9.17) is 0 Å². The molecule has 1 fully saturated rings. The van der Waals surface area contributed by atoms with Crippen LogP contribution in [0.1, 0.15) is 28.2 Å². The molecule has 0 N–H and O–H groups in total. The first-order valence-electron chi connectivity index (χ1n) is 11.1. The number of rotatable bonds is 5. The van der Waals surface area contributed by atoms with Gasteiger partial charge in [0.2, 0.25) is 5.91 Å². The van der Waals surface area contributed by atoms with Crippen molar-refractivity contribution in [3.63, 3.8) is 0 Å². The van der Waals surface area contributed by atoms with Crippen LogP contribution in [-0.4, -0.2) is 29.0 Å². The molecule has 33 heavy (non-hydrogen) atoms. The maximum atomic E-state index is 13.6. The first-order valence-corrected chi connectivity index (χ1v) is 12.8. The minimum Gasteiger partial charge on any atom is -0.356 e. The summed E-state index contributed by atoms with van der Waals surface area (Å²) in [5, 5.41) is 3.15. The Morgan fingerprint density at radius 1 is 1.15 bits per heavy atom. The van der Waals surface area contributed by atoms with E-state index in [1.807, 2.05) is 17.5 Å². The number of piperidine rings is 1. The molecule has 4 aromatic rings. The quantitative estimate of drug-likeness (QED) is 0.354. The van der Waals surface area contributed by atoms with E-state index in [1.54, 1.807) is 46.0 Å². The number of hydrogen-bond donors (Lipinski definition) is 0. The van der Waals surface area contributed by atoms with Gasteiger partial charge in [0, 0.05) is 34.4 Å². The number of anilines is 2. The molecule has 0 spiro atoms. The Morgan fingerprint density at radius 2 is 1.91 bits per heavy atom. The van der Waals surface area contributed by atoms with Crippen LogP contribution in [0.2, 0.25) is 0 Å². The Kier molecular flexibility index (Phi) is 6.12. The summed E-state index contributed by atoms with van der Waals surface area (Å²) in [7, 11) is 0. The largest absolute Gasteiger partial charge is 0.356 e. The van der Waals surface area contributed by atoms with E-state index in [0.717, 1.165) is 52.5 Å². The maximum absolute atomic E-state index is 13.6. The SMILES string of the molecule is Cc1sc2ncnc(N3CCC(C(=O)N(Cc4cccs4)c4ccc(F)cc4)CC3)c2c1C. The van der Waals surface area contributed by atoms with Crippen molar-refractivity contribution < 1.29 is 9.18 Å². The van der Waals surface area contributed by atoms with Gasteiger partial charge in [-0.25, -0.2) is 14.4 Å². The molecule has 8 heteroatoms. The highest BCUT2D eigenvalue weighted by Gasteiger charge is 2.31. The van der Waals surface area contributed by atoms with Crippen molar-refractivity contribution in [1.82, 2.24) is 9.97 Å². The topological polar surface area (TPSA) is 49.3 Å². The van der Waals surface area contributed by atoms with Gasteiger partial charge in [-0.3, -0.25) is 4.79 Å². The van der Waals surface area contributed by atoms with Gasteiger partial charge in [0.05, 0.1) is 11.9 Å².